The van der Waals surface area contributed by atoms with Gasteiger partial charge in [-0.2, -0.15) is 0 Å². The van der Waals surface area contributed by atoms with Gasteiger partial charge in [-0.1, -0.05) is 39.1 Å². The lowest BCUT2D eigenvalue weighted by atomic mass is 10.1. The zero-order valence-electron chi connectivity index (χ0n) is 7.75. The summed E-state index contributed by atoms with van der Waals surface area (Å²) >= 11 is 21.0. The van der Waals surface area contributed by atoms with Crippen LogP contribution in [0.15, 0.2) is 18.2 Å². The Kier molecular flexibility index (Phi) is 3.17. The molecule has 1 aliphatic rings. The second-order valence-corrected chi connectivity index (χ2v) is 6.94. The van der Waals surface area contributed by atoms with Gasteiger partial charge in [0.2, 0.25) is 0 Å². The summed E-state index contributed by atoms with van der Waals surface area (Å²) < 4.78 is -0.938. The van der Waals surface area contributed by atoms with Gasteiger partial charge in [-0.3, -0.25) is 4.79 Å². The molecule has 0 bridgehead atoms. The van der Waals surface area contributed by atoms with Crippen molar-refractivity contribution in [2.45, 2.75) is 9.70 Å². The smallest absolute Gasteiger partial charge is 0.309 e. The summed E-state index contributed by atoms with van der Waals surface area (Å²) in [6.45, 7) is 0. The maximum absolute atomic E-state index is 11.0. The summed E-state index contributed by atoms with van der Waals surface area (Å²) in [5, 5.41) is 9.92. The lowest BCUT2D eigenvalue weighted by molar-refractivity contribution is -0.138. The maximum atomic E-state index is 11.0. The van der Waals surface area contributed by atoms with Gasteiger partial charge in [0.05, 0.1) is 5.92 Å². The molecule has 0 aromatic heterocycles. The quantitative estimate of drug-likeness (QED) is 0.820. The molecule has 0 amide bonds. The van der Waals surface area contributed by atoms with Crippen molar-refractivity contribution in [1.29, 1.82) is 0 Å². The number of aliphatic carboxylic acids is 1. The summed E-state index contributed by atoms with van der Waals surface area (Å²) in [6, 6.07) is 4.95. The molecule has 0 saturated heterocycles. The fourth-order valence-corrected chi connectivity index (χ4v) is 3.61. The van der Waals surface area contributed by atoms with Crippen molar-refractivity contribution in [3.63, 3.8) is 0 Å². The fourth-order valence-electron chi connectivity index (χ4n) is 1.80. The highest BCUT2D eigenvalue weighted by atomic mass is 79.9. The Balaban J connectivity index is 2.37. The third-order valence-corrected chi connectivity index (χ3v) is 4.46. The van der Waals surface area contributed by atoms with Gasteiger partial charge in [0, 0.05) is 16.0 Å². The lowest BCUT2D eigenvalue weighted by Gasteiger charge is -2.02. The third-order valence-electron chi connectivity index (χ3n) is 2.56. The van der Waals surface area contributed by atoms with Crippen LogP contribution in [0.4, 0.5) is 0 Å². The highest BCUT2D eigenvalue weighted by molar-refractivity contribution is 9.10. The molecule has 0 radical (unpaired) electrons. The van der Waals surface area contributed by atoms with Crippen LogP contribution >= 0.6 is 50.7 Å². The second kappa shape index (κ2) is 4.05. The monoisotopic (exact) mass is 342 g/mol. The van der Waals surface area contributed by atoms with Crippen molar-refractivity contribution < 1.29 is 9.90 Å². The first kappa shape index (κ1) is 12.5. The summed E-state index contributed by atoms with van der Waals surface area (Å²) in [5.41, 5.74) is 0.733. The molecule has 0 heterocycles. The molecule has 1 aliphatic carbocycles. The van der Waals surface area contributed by atoms with Crippen LogP contribution in [-0.2, 0) is 4.79 Å². The Morgan fingerprint density at radius 2 is 1.81 bits per heavy atom. The summed E-state index contributed by atoms with van der Waals surface area (Å²) in [7, 11) is 0. The molecule has 0 aliphatic heterocycles. The van der Waals surface area contributed by atoms with Crippen molar-refractivity contribution in [1.82, 2.24) is 0 Å². The first-order chi connectivity index (χ1) is 7.34. The molecule has 1 aromatic carbocycles. The SMILES string of the molecule is O=C(O)C1C(c2cc(Cl)cc(Cl)c2)C1(Cl)Br. The maximum Gasteiger partial charge on any atom is 0.309 e. The molecule has 3 unspecified atom stereocenters. The van der Waals surface area contributed by atoms with Crippen LogP contribution in [0, 0.1) is 5.92 Å². The first-order valence-corrected chi connectivity index (χ1v) is 6.33. The van der Waals surface area contributed by atoms with Crippen molar-refractivity contribution in [2.75, 3.05) is 0 Å². The van der Waals surface area contributed by atoms with E-state index in [0.717, 1.165) is 5.56 Å². The molecular weight excluding hydrogens is 338 g/mol. The minimum atomic E-state index is -0.938. The van der Waals surface area contributed by atoms with Crippen molar-refractivity contribution in [3.8, 4) is 0 Å². The number of carbonyl (C=O) groups is 1. The average Bonchev–Trinajstić information content (AvgIpc) is 2.67. The fraction of sp³-hybridized carbons (Fsp3) is 0.300. The van der Waals surface area contributed by atoms with Crippen LogP contribution in [0.5, 0.6) is 0 Å². The van der Waals surface area contributed by atoms with Gasteiger partial charge in [-0.15, -0.1) is 11.6 Å². The molecule has 3 atom stereocenters. The molecule has 0 spiro atoms. The third kappa shape index (κ3) is 2.06. The topological polar surface area (TPSA) is 37.3 Å². The Morgan fingerprint density at radius 1 is 1.31 bits per heavy atom. The van der Waals surface area contributed by atoms with Crippen LogP contribution in [-0.4, -0.2) is 14.9 Å². The van der Waals surface area contributed by atoms with Gasteiger partial charge in [-0.05, 0) is 23.8 Å². The summed E-state index contributed by atoms with van der Waals surface area (Å²) in [4.78, 5) is 11.0. The molecule has 6 heteroatoms. The average molecular weight is 344 g/mol. The zero-order chi connectivity index (χ0) is 12.1. The number of halogens is 4. The predicted octanol–water partition coefficient (Wildman–Crippen LogP) is 4.12. The van der Waals surface area contributed by atoms with Crippen molar-refractivity contribution in [3.05, 3.63) is 33.8 Å². The minimum absolute atomic E-state index is 0.317. The molecule has 1 aromatic rings. The zero-order valence-corrected chi connectivity index (χ0v) is 11.6. The van der Waals surface area contributed by atoms with E-state index in [1.807, 2.05) is 0 Å². The van der Waals surface area contributed by atoms with Crippen molar-refractivity contribution >= 4 is 56.7 Å². The van der Waals surface area contributed by atoms with Gasteiger partial charge >= 0.3 is 5.97 Å². The molecular formula is C10H6BrCl3O2. The minimum Gasteiger partial charge on any atom is -0.481 e. The number of carboxylic acids is 1. The Hall–Kier alpha value is 0.0400. The Morgan fingerprint density at radius 3 is 2.19 bits per heavy atom. The van der Waals surface area contributed by atoms with E-state index >= 15 is 0 Å². The number of alkyl halides is 2. The first-order valence-electron chi connectivity index (χ1n) is 4.40. The van der Waals surface area contributed by atoms with Gasteiger partial charge in [0.25, 0.3) is 0 Å². The van der Waals surface area contributed by atoms with Crippen LogP contribution in [0.1, 0.15) is 11.5 Å². The predicted molar refractivity (Wildman–Crippen MR) is 67.8 cm³/mol. The Bertz CT molecular complexity index is 441. The van der Waals surface area contributed by atoms with Crippen LogP contribution in [0.3, 0.4) is 0 Å². The van der Waals surface area contributed by atoms with E-state index in [9.17, 15) is 4.79 Å². The standard InChI is InChI=1S/C10H6BrCl3O2/c11-10(14)7(8(10)9(15)16)4-1-5(12)3-6(13)2-4/h1-3,7-8H,(H,15,16). The van der Waals surface area contributed by atoms with E-state index < -0.39 is 15.7 Å². The summed E-state index contributed by atoms with van der Waals surface area (Å²) in [5.74, 6) is -1.92. The second-order valence-electron chi connectivity index (χ2n) is 3.67. The molecule has 2 nitrogen and oxygen atoms in total. The number of rotatable bonds is 2. The number of carboxylic acid groups (broad SMARTS) is 1. The molecule has 1 saturated carbocycles. The highest BCUT2D eigenvalue weighted by Crippen LogP contribution is 2.66. The molecule has 86 valence electrons. The molecule has 1 fully saturated rings. The van der Waals surface area contributed by atoms with E-state index in [1.165, 1.54) is 0 Å². The number of hydrogen-bond donors (Lipinski definition) is 1. The van der Waals surface area contributed by atoms with Gasteiger partial charge < -0.3 is 5.11 Å². The van der Waals surface area contributed by atoms with Crippen LogP contribution in [0.2, 0.25) is 10.0 Å². The molecule has 1 N–H and O–H groups in total. The van der Waals surface area contributed by atoms with Gasteiger partial charge in [-0.25, -0.2) is 0 Å². The van der Waals surface area contributed by atoms with Gasteiger partial charge in [0.1, 0.15) is 3.78 Å². The van der Waals surface area contributed by atoms with E-state index in [-0.39, 0.29) is 5.92 Å². The van der Waals surface area contributed by atoms with E-state index in [1.54, 1.807) is 18.2 Å². The van der Waals surface area contributed by atoms with Crippen molar-refractivity contribution in [2.24, 2.45) is 5.92 Å². The molecule has 2 rings (SSSR count). The largest absolute Gasteiger partial charge is 0.481 e. The summed E-state index contributed by atoms with van der Waals surface area (Å²) in [6.07, 6.45) is 0. The van der Waals surface area contributed by atoms with Gasteiger partial charge in [0.15, 0.2) is 0 Å². The lowest BCUT2D eigenvalue weighted by Crippen LogP contribution is -2.03. The number of hydrogen-bond acceptors (Lipinski definition) is 1. The molecule has 16 heavy (non-hydrogen) atoms. The van der Waals surface area contributed by atoms with E-state index in [4.69, 9.17) is 39.9 Å². The Labute approximate surface area is 116 Å². The van der Waals surface area contributed by atoms with E-state index in [2.05, 4.69) is 15.9 Å². The van der Waals surface area contributed by atoms with Crippen LogP contribution in [0.25, 0.3) is 0 Å². The number of benzene rings is 1. The normalized spacial score (nSPS) is 32.5. The highest BCUT2D eigenvalue weighted by Gasteiger charge is 2.67. The van der Waals surface area contributed by atoms with E-state index in [0.29, 0.717) is 10.0 Å². The van der Waals surface area contributed by atoms with Crippen LogP contribution < -0.4 is 0 Å².